The summed E-state index contributed by atoms with van der Waals surface area (Å²) in [7, 11) is 4.14. The van der Waals surface area contributed by atoms with E-state index in [1.807, 2.05) is 0 Å². The van der Waals surface area contributed by atoms with E-state index in [-0.39, 0.29) is 0 Å². The van der Waals surface area contributed by atoms with Gasteiger partial charge in [-0.15, -0.1) is 0 Å². The van der Waals surface area contributed by atoms with E-state index in [0.717, 1.165) is 0 Å². The summed E-state index contributed by atoms with van der Waals surface area (Å²) in [6.07, 6.45) is 0. The minimum atomic E-state index is 0.546. The molecule has 0 heterocycles. The van der Waals surface area contributed by atoms with Crippen molar-refractivity contribution in [1.29, 1.82) is 0 Å². The van der Waals surface area contributed by atoms with E-state index in [2.05, 4.69) is 82.2 Å². The van der Waals surface area contributed by atoms with Crippen LogP contribution in [0, 0.1) is 6.92 Å². The number of rotatable bonds is 3. The molecule has 0 atom stereocenters. The van der Waals surface area contributed by atoms with Gasteiger partial charge in [0, 0.05) is 19.8 Å². The molecule has 0 radical (unpaired) electrons. The van der Waals surface area contributed by atoms with Crippen molar-refractivity contribution >= 4 is 5.69 Å². The Balaban J connectivity index is 2.50. The molecule has 19 heavy (non-hydrogen) atoms. The Morgan fingerprint density at radius 1 is 0.895 bits per heavy atom. The van der Waals surface area contributed by atoms with Crippen LogP contribution in [0.3, 0.4) is 0 Å². The molecular weight excluding hydrogens is 230 g/mol. The van der Waals surface area contributed by atoms with E-state index in [1.54, 1.807) is 0 Å². The van der Waals surface area contributed by atoms with Crippen LogP contribution in [0.15, 0.2) is 42.5 Å². The first-order valence-electron chi connectivity index (χ1n) is 6.88. The van der Waals surface area contributed by atoms with Gasteiger partial charge < -0.3 is 4.90 Å². The lowest BCUT2D eigenvalue weighted by Crippen LogP contribution is -2.08. The molecule has 1 nitrogen and oxygen atoms in total. The Morgan fingerprint density at radius 2 is 1.53 bits per heavy atom. The van der Waals surface area contributed by atoms with Crippen molar-refractivity contribution < 1.29 is 0 Å². The molecule has 0 spiro atoms. The summed E-state index contributed by atoms with van der Waals surface area (Å²) in [4.78, 5) is 2.13. The van der Waals surface area contributed by atoms with Gasteiger partial charge in [0.2, 0.25) is 0 Å². The second-order valence-electron chi connectivity index (χ2n) is 5.63. The van der Waals surface area contributed by atoms with Gasteiger partial charge in [0.05, 0.1) is 0 Å². The maximum atomic E-state index is 2.26. The van der Waals surface area contributed by atoms with Gasteiger partial charge in [-0.1, -0.05) is 44.2 Å². The molecule has 0 aliphatic carbocycles. The van der Waals surface area contributed by atoms with Crippen LogP contribution in [0.4, 0.5) is 5.69 Å². The van der Waals surface area contributed by atoms with E-state index >= 15 is 0 Å². The highest BCUT2D eigenvalue weighted by atomic mass is 15.1. The van der Waals surface area contributed by atoms with E-state index in [0.29, 0.717) is 5.92 Å². The zero-order chi connectivity index (χ0) is 14.0. The van der Waals surface area contributed by atoms with Crippen molar-refractivity contribution in [2.24, 2.45) is 0 Å². The first-order chi connectivity index (χ1) is 9.00. The number of hydrogen-bond donors (Lipinski definition) is 0. The first-order valence-corrected chi connectivity index (χ1v) is 6.88. The molecule has 1 heteroatoms. The fourth-order valence-electron chi connectivity index (χ4n) is 2.64. The summed E-state index contributed by atoms with van der Waals surface area (Å²) < 4.78 is 0. The molecule has 2 rings (SSSR count). The van der Waals surface area contributed by atoms with Crippen LogP contribution in [-0.4, -0.2) is 14.1 Å². The summed E-state index contributed by atoms with van der Waals surface area (Å²) in [5.41, 5.74) is 6.74. The molecule has 0 saturated carbocycles. The summed E-state index contributed by atoms with van der Waals surface area (Å²) >= 11 is 0. The van der Waals surface area contributed by atoms with Crippen LogP contribution >= 0.6 is 0 Å². The van der Waals surface area contributed by atoms with Crippen molar-refractivity contribution in [3.05, 3.63) is 53.6 Å². The zero-order valence-electron chi connectivity index (χ0n) is 12.6. The van der Waals surface area contributed by atoms with Gasteiger partial charge in [-0.2, -0.15) is 0 Å². The van der Waals surface area contributed by atoms with Crippen molar-refractivity contribution in [2.45, 2.75) is 26.7 Å². The van der Waals surface area contributed by atoms with Gasteiger partial charge in [-0.3, -0.25) is 0 Å². The smallest absolute Gasteiger partial charge is 0.0361 e. The predicted octanol–water partition coefficient (Wildman–Crippen LogP) is 4.85. The summed E-state index contributed by atoms with van der Waals surface area (Å²) in [6, 6.07) is 15.4. The monoisotopic (exact) mass is 253 g/mol. The predicted molar refractivity (Wildman–Crippen MR) is 85.0 cm³/mol. The minimum Gasteiger partial charge on any atom is -0.378 e. The lowest BCUT2D eigenvalue weighted by molar-refractivity contribution is 0.859. The molecule has 2 aromatic carbocycles. The molecule has 0 amide bonds. The molecule has 0 aliphatic heterocycles. The number of anilines is 1. The van der Waals surface area contributed by atoms with Crippen molar-refractivity contribution in [2.75, 3.05) is 19.0 Å². The molecule has 100 valence electrons. The van der Waals surface area contributed by atoms with Gasteiger partial charge in [0.25, 0.3) is 0 Å². The van der Waals surface area contributed by atoms with Crippen molar-refractivity contribution in [1.82, 2.24) is 0 Å². The van der Waals surface area contributed by atoms with Crippen LogP contribution in [0.2, 0.25) is 0 Å². The highest BCUT2D eigenvalue weighted by Gasteiger charge is 2.11. The molecular formula is C18H23N. The molecule has 0 unspecified atom stereocenters. The SMILES string of the molecule is Cc1cccc(-c2ccc(N(C)C)cc2)c1C(C)C. The lowest BCUT2D eigenvalue weighted by atomic mass is 9.89. The Hall–Kier alpha value is -1.76. The highest BCUT2D eigenvalue weighted by Crippen LogP contribution is 2.32. The average Bonchev–Trinajstić information content (AvgIpc) is 2.38. The quantitative estimate of drug-likeness (QED) is 0.755. The molecule has 0 aromatic heterocycles. The zero-order valence-corrected chi connectivity index (χ0v) is 12.6. The van der Waals surface area contributed by atoms with Crippen LogP contribution in [0.5, 0.6) is 0 Å². The first kappa shape index (κ1) is 13.7. The minimum absolute atomic E-state index is 0.546. The Kier molecular flexibility index (Phi) is 3.94. The topological polar surface area (TPSA) is 3.24 Å². The highest BCUT2D eigenvalue weighted by molar-refractivity contribution is 5.71. The summed E-state index contributed by atoms with van der Waals surface area (Å²) in [6.45, 7) is 6.73. The molecule has 0 N–H and O–H groups in total. The van der Waals surface area contributed by atoms with E-state index in [9.17, 15) is 0 Å². The third kappa shape index (κ3) is 2.81. The largest absolute Gasteiger partial charge is 0.378 e. The van der Waals surface area contributed by atoms with E-state index in [1.165, 1.54) is 27.9 Å². The average molecular weight is 253 g/mol. The number of aryl methyl sites for hydroxylation is 1. The van der Waals surface area contributed by atoms with Crippen LogP contribution < -0.4 is 4.90 Å². The number of hydrogen-bond acceptors (Lipinski definition) is 1. The fourth-order valence-corrected chi connectivity index (χ4v) is 2.64. The maximum absolute atomic E-state index is 2.26. The van der Waals surface area contributed by atoms with Crippen LogP contribution in [0.25, 0.3) is 11.1 Å². The van der Waals surface area contributed by atoms with E-state index < -0.39 is 0 Å². The number of nitrogens with zero attached hydrogens (tertiary/aromatic N) is 1. The fraction of sp³-hybridized carbons (Fsp3) is 0.333. The molecule has 0 saturated heterocycles. The van der Waals surface area contributed by atoms with Crippen molar-refractivity contribution in [3.63, 3.8) is 0 Å². The van der Waals surface area contributed by atoms with E-state index in [4.69, 9.17) is 0 Å². The molecule has 0 bridgehead atoms. The third-order valence-electron chi connectivity index (χ3n) is 3.60. The number of benzene rings is 2. The van der Waals surface area contributed by atoms with Crippen LogP contribution in [-0.2, 0) is 0 Å². The summed E-state index contributed by atoms with van der Waals surface area (Å²) in [5, 5.41) is 0. The second-order valence-corrected chi connectivity index (χ2v) is 5.63. The Bertz CT molecular complexity index is 550. The van der Waals surface area contributed by atoms with Crippen LogP contribution in [0.1, 0.15) is 30.9 Å². The second kappa shape index (κ2) is 5.48. The Morgan fingerprint density at radius 3 is 2.05 bits per heavy atom. The molecule has 0 aliphatic rings. The summed E-state index contributed by atoms with van der Waals surface area (Å²) in [5.74, 6) is 0.546. The van der Waals surface area contributed by atoms with Gasteiger partial charge >= 0.3 is 0 Å². The third-order valence-corrected chi connectivity index (χ3v) is 3.60. The van der Waals surface area contributed by atoms with Gasteiger partial charge in [0.15, 0.2) is 0 Å². The maximum Gasteiger partial charge on any atom is 0.0361 e. The van der Waals surface area contributed by atoms with Crippen molar-refractivity contribution in [3.8, 4) is 11.1 Å². The Labute approximate surface area is 116 Å². The molecule has 2 aromatic rings. The van der Waals surface area contributed by atoms with Gasteiger partial charge in [0.1, 0.15) is 0 Å². The normalized spacial score (nSPS) is 10.8. The standard InChI is InChI=1S/C18H23N/c1-13(2)18-14(3)7-6-8-17(18)15-9-11-16(12-10-15)19(4)5/h6-13H,1-5H3. The van der Waals surface area contributed by atoms with Gasteiger partial charge in [-0.25, -0.2) is 0 Å². The molecule has 0 fully saturated rings. The van der Waals surface area contributed by atoms with Gasteiger partial charge in [-0.05, 0) is 47.2 Å². The lowest BCUT2D eigenvalue weighted by Gasteiger charge is -2.17.